The molecule has 0 saturated heterocycles. The van der Waals surface area contributed by atoms with Gasteiger partial charge in [0.25, 0.3) is 5.69 Å². The van der Waals surface area contributed by atoms with Crippen LogP contribution in [0.25, 0.3) is 0 Å². The molecule has 0 aliphatic rings. The van der Waals surface area contributed by atoms with Gasteiger partial charge in [-0.1, -0.05) is 45.8 Å². The predicted octanol–water partition coefficient (Wildman–Crippen LogP) is 3.90. The third-order valence-electron chi connectivity index (χ3n) is 2.72. The quantitative estimate of drug-likeness (QED) is 0.489. The highest BCUT2D eigenvalue weighted by Gasteiger charge is 2.16. The third-order valence-corrected chi connectivity index (χ3v) is 3.41. The molecule has 0 fully saturated rings. The number of nitro groups is 1. The first-order valence-corrected chi connectivity index (χ1v) is 6.33. The van der Waals surface area contributed by atoms with Crippen LogP contribution in [-0.2, 0) is 0 Å². The van der Waals surface area contributed by atoms with Crippen LogP contribution in [0.2, 0.25) is 0 Å². The molecule has 0 radical (unpaired) electrons. The minimum Gasteiger partial charge on any atom is -0.289 e. The van der Waals surface area contributed by atoms with Gasteiger partial charge >= 0.3 is 0 Å². The molecule has 0 atom stereocenters. The van der Waals surface area contributed by atoms with Crippen LogP contribution in [0.4, 0.5) is 5.69 Å². The van der Waals surface area contributed by atoms with E-state index in [1.807, 2.05) is 19.1 Å². The Bertz CT molecular complexity index is 650. The average Bonchev–Trinajstić information content (AvgIpc) is 2.39. The van der Waals surface area contributed by atoms with E-state index in [-0.39, 0.29) is 17.0 Å². The van der Waals surface area contributed by atoms with E-state index >= 15 is 0 Å². The maximum Gasteiger partial charge on any atom is 0.270 e. The second kappa shape index (κ2) is 5.32. The Morgan fingerprint density at radius 2 is 1.79 bits per heavy atom. The van der Waals surface area contributed by atoms with Crippen LogP contribution in [0.5, 0.6) is 0 Å². The van der Waals surface area contributed by atoms with Crippen molar-refractivity contribution in [2.45, 2.75) is 6.92 Å². The maximum absolute atomic E-state index is 12.3. The van der Waals surface area contributed by atoms with Gasteiger partial charge in [0.05, 0.1) is 4.92 Å². The Labute approximate surface area is 118 Å². The number of carbonyl (C=O) groups is 1. The van der Waals surface area contributed by atoms with Crippen molar-refractivity contribution in [3.63, 3.8) is 0 Å². The van der Waals surface area contributed by atoms with Crippen molar-refractivity contribution in [1.29, 1.82) is 0 Å². The van der Waals surface area contributed by atoms with Gasteiger partial charge in [0, 0.05) is 27.7 Å². The minimum atomic E-state index is -0.516. The van der Waals surface area contributed by atoms with E-state index in [2.05, 4.69) is 15.9 Å². The first kappa shape index (κ1) is 13.4. The number of benzene rings is 2. The lowest BCUT2D eigenvalue weighted by molar-refractivity contribution is -0.384. The molecule has 0 unspecified atom stereocenters. The number of rotatable bonds is 3. The van der Waals surface area contributed by atoms with Crippen LogP contribution >= 0.6 is 15.9 Å². The number of non-ortho nitro benzene ring substituents is 1. The number of nitrogens with zero attached hydrogens (tertiary/aromatic N) is 1. The largest absolute Gasteiger partial charge is 0.289 e. The zero-order chi connectivity index (χ0) is 14.0. The standard InChI is InChI=1S/C14H10BrNO3/c1-9-2-4-10(5-3-9)14(17)12-8-11(16(18)19)6-7-13(12)15/h2-8H,1H3. The molecule has 4 nitrogen and oxygen atoms in total. The summed E-state index contributed by atoms with van der Waals surface area (Å²) in [5.41, 5.74) is 1.75. The van der Waals surface area contributed by atoms with Crippen LogP contribution in [-0.4, -0.2) is 10.7 Å². The van der Waals surface area contributed by atoms with Gasteiger partial charge in [0.2, 0.25) is 0 Å². The second-order valence-electron chi connectivity index (χ2n) is 4.12. The van der Waals surface area contributed by atoms with Crippen molar-refractivity contribution >= 4 is 27.4 Å². The molecule has 0 spiro atoms. The molecule has 0 bridgehead atoms. The molecule has 0 aliphatic carbocycles. The lowest BCUT2D eigenvalue weighted by Gasteiger charge is -2.04. The summed E-state index contributed by atoms with van der Waals surface area (Å²) in [6, 6.07) is 11.2. The SMILES string of the molecule is Cc1ccc(C(=O)c2cc([N+](=O)[O-])ccc2Br)cc1. The number of carbonyl (C=O) groups excluding carboxylic acids is 1. The molecule has 19 heavy (non-hydrogen) atoms. The highest BCUT2D eigenvalue weighted by atomic mass is 79.9. The summed E-state index contributed by atoms with van der Waals surface area (Å²) in [5.74, 6) is -0.240. The molecular formula is C14H10BrNO3. The lowest BCUT2D eigenvalue weighted by Crippen LogP contribution is -2.03. The Morgan fingerprint density at radius 3 is 2.37 bits per heavy atom. The Kier molecular flexibility index (Phi) is 3.76. The first-order valence-electron chi connectivity index (χ1n) is 5.54. The van der Waals surface area contributed by atoms with Crippen molar-refractivity contribution in [3.05, 3.63) is 73.7 Å². The second-order valence-corrected chi connectivity index (χ2v) is 4.97. The van der Waals surface area contributed by atoms with Gasteiger partial charge in [-0.25, -0.2) is 0 Å². The summed E-state index contributed by atoms with van der Waals surface area (Å²) in [5, 5.41) is 10.7. The topological polar surface area (TPSA) is 60.2 Å². The van der Waals surface area contributed by atoms with Gasteiger partial charge < -0.3 is 0 Å². The van der Waals surface area contributed by atoms with E-state index in [0.717, 1.165) is 5.56 Å². The summed E-state index contributed by atoms with van der Waals surface area (Å²) in [6.45, 7) is 1.93. The molecule has 2 rings (SSSR count). The van der Waals surface area contributed by atoms with Crippen LogP contribution in [0.15, 0.2) is 46.9 Å². The van der Waals surface area contributed by atoms with Crippen molar-refractivity contribution in [2.75, 3.05) is 0 Å². The van der Waals surface area contributed by atoms with Crippen LogP contribution in [0.3, 0.4) is 0 Å². The number of halogens is 1. The monoisotopic (exact) mass is 319 g/mol. The smallest absolute Gasteiger partial charge is 0.270 e. The molecule has 2 aromatic rings. The minimum absolute atomic E-state index is 0.0985. The summed E-state index contributed by atoms with van der Waals surface area (Å²) >= 11 is 3.25. The van der Waals surface area contributed by atoms with Crippen LogP contribution < -0.4 is 0 Å². The van der Waals surface area contributed by atoms with Crippen molar-refractivity contribution < 1.29 is 9.72 Å². The van der Waals surface area contributed by atoms with Crippen molar-refractivity contribution in [2.24, 2.45) is 0 Å². The van der Waals surface area contributed by atoms with E-state index < -0.39 is 4.92 Å². The third kappa shape index (κ3) is 2.88. The number of hydrogen-bond acceptors (Lipinski definition) is 3. The van der Waals surface area contributed by atoms with Gasteiger partial charge in [-0.3, -0.25) is 14.9 Å². The molecular weight excluding hydrogens is 310 g/mol. The Morgan fingerprint density at radius 1 is 1.16 bits per heavy atom. The number of hydrogen-bond donors (Lipinski definition) is 0. The van der Waals surface area contributed by atoms with Gasteiger partial charge in [-0.15, -0.1) is 0 Å². The number of aryl methyl sites for hydroxylation is 1. The lowest BCUT2D eigenvalue weighted by atomic mass is 10.0. The fourth-order valence-electron chi connectivity index (χ4n) is 1.66. The number of nitro benzene ring substituents is 1. The van der Waals surface area contributed by atoms with Gasteiger partial charge in [-0.2, -0.15) is 0 Å². The van der Waals surface area contributed by atoms with Gasteiger partial charge in [0.15, 0.2) is 5.78 Å². The molecule has 0 amide bonds. The molecule has 96 valence electrons. The highest BCUT2D eigenvalue weighted by Crippen LogP contribution is 2.25. The predicted molar refractivity (Wildman–Crippen MR) is 75.4 cm³/mol. The van der Waals surface area contributed by atoms with E-state index in [1.165, 1.54) is 18.2 Å². The van der Waals surface area contributed by atoms with Crippen LogP contribution in [0, 0.1) is 17.0 Å². The van der Waals surface area contributed by atoms with Gasteiger partial charge in [-0.05, 0) is 13.0 Å². The summed E-state index contributed by atoms with van der Waals surface area (Å²) in [6.07, 6.45) is 0. The molecule has 0 saturated carbocycles. The molecule has 5 heteroatoms. The zero-order valence-corrected chi connectivity index (χ0v) is 11.7. The normalized spacial score (nSPS) is 10.2. The van der Waals surface area contributed by atoms with Crippen molar-refractivity contribution in [1.82, 2.24) is 0 Å². The van der Waals surface area contributed by atoms with Crippen LogP contribution in [0.1, 0.15) is 21.5 Å². The zero-order valence-electron chi connectivity index (χ0n) is 10.1. The molecule has 2 aromatic carbocycles. The fraction of sp³-hybridized carbons (Fsp3) is 0.0714. The summed E-state index contributed by atoms with van der Waals surface area (Å²) in [7, 11) is 0. The molecule has 0 heterocycles. The van der Waals surface area contributed by atoms with E-state index in [9.17, 15) is 14.9 Å². The van der Waals surface area contributed by atoms with E-state index in [0.29, 0.717) is 10.0 Å². The summed E-state index contributed by atoms with van der Waals surface area (Å²) in [4.78, 5) is 22.5. The molecule has 0 aliphatic heterocycles. The molecule has 0 aromatic heterocycles. The molecule has 0 N–H and O–H groups in total. The Hall–Kier alpha value is -2.01. The van der Waals surface area contributed by atoms with Crippen molar-refractivity contribution in [3.8, 4) is 0 Å². The fourth-order valence-corrected chi connectivity index (χ4v) is 2.09. The van der Waals surface area contributed by atoms with E-state index in [4.69, 9.17) is 0 Å². The van der Waals surface area contributed by atoms with Gasteiger partial charge in [0.1, 0.15) is 0 Å². The first-order chi connectivity index (χ1) is 8.99. The Balaban J connectivity index is 2.46. The average molecular weight is 320 g/mol. The summed E-state index contributed by atoms with van der Waals surface area (Å²) < 4.78 is 0.545. The van der Waals surface area contributed by atoms with E-state index in [1.54, 1.807) is 12.1 Å². The highest BCUT2D eigenvalue weighted by molar-refractivity contribution is 9.10. The number of ketones is 1. The maximum atomic E-state index is 12.3.